The van der Waals surface area contributed by atoms with Crippen LogP contribution in [0.4, 0.5) is 4.39 Å². The van der Waals surface area contributed by atoms with Crippen LogP contribution < -0.4 is 0 Å². The standard InChI is InChI=1S/C18H33FO2/c1-3-4-5-6-7-8-9-10-11-12-13-14-15-16-18(19)21-17(2)20/h6-7,18H,3-5,8-16H2,1-2H3. The number of rotatable bonds is 14. The van der Waals surface area contributed by atoms with Gasteiger partial charge in [0.05, 0.1) is 0 Å². The molecule has 0 aromatic heterocycles. The monoisotopic (exact) mass is 300 g/mol. The SMILES string of the molecule is CCCCC=CCCCCCCCCCC(F)OC(C)=O. The third-order valence-corrected chi connectivity index (χ3v) is 3.49. The molecule has 0 saturated carbocycles. The van der Waals surface area contributed by atoms with Crippen LogP contribution in [-0.4, -0.2) is 12.3 Å². The quantitative estimate of drug-likeness (QED) is 0.220. The van der Waals surface area contributed by atoms with E-state index in [-0.39, 0.29) is 0 Å². The number of esters is 1. The van der Waals surface area contributed by atoms with E-state index in [1.54, 1.807) is 0 Å². The number of alkyl halides is 1. The third-order valence-electron chi connectivity index (χ3n) is 3.49. The largest absolute Gasteiger partial charge is 0.431 e. The highest BCUT2D eigenvalue weighted by Crippen LogP contribution is 2.12. The lowest BCUT2D eigenvalue weighted by molar-refractivity contribution is -0.155. The van der Waals surface area contributed by atoms with Gasteiger partial charge in [-0.2, -0.15) is 0 Å². The summed E-state index contributed by atoms with van der Waals surface area (Å²) in [6.07, 6.45) is 16.6. The first-order valence-electron chi connectivity index (χ1n) is 8.63. The van der Waals surface area contributed by atoms with Crippen molar-refractivity contribution in [2.24, 2.45) is 0 Å². The van der Waals surface area contributed by atoms with Crippen molar-refractivity contribution < 1.29 is 13.9 Å². The lowest BCUT2D eigenvalue weighted by atomic mass is 10.1. The highest BCUT2D eigenvalue weighted by Gasteiger charge is 2.08. The van der Waals surface area contributed by atoms with Gasteiger partial charge in [-0.25, -0.2) is 4.39 Å². The molecule has 0 aromatic rings. The Hall–Kier alpha value is -0.860. The van der Waals surface area contributed by atoms with Crippen LogP contribution in [0.2, 0.25) is 0 Å². The number of hydrogen-bond acceptors (Lipinski definition) is 2. The molecule has 0 amide bonds. The molecule has 1 atom stereocenters. The van der Waals surface area contributed by atoms with Crippen molar-refractivity contribution in [1.29, 1.82) is 0 Å². The summed E-state index contributed by atoms with van der Waals surface area (Å²) in [6, 6.07) is 0. The summed E-state index contributed by atoms with van der Waals surface area (Å²) in [6.45, 7) is 3.46. The maximum Gasteiger partial charge on any atom is 0.305 e. The molecule has 0 aliphatic heterocycles. The van der Waals surface area contributed by atoms with Crippen LogP contribution >= 0.6 is 0 Å². The summed E-state index contributed by atoms with van der Waals surface area (Å²) < 4.78 is 17.5. The normalized spacial score (nSPS) is 12.7. The first-order valence-corrected chi connectivity index (χ1v) is 8.63. The number of ether oxygens (including phenoxy) is 1. The molecule has 0 heterocycles. The summed E-state index contributed by atoms with van der Waals surface area (Å²) >= 11 is 0. The zero-order chi connectivity index (χ0) is 15.8. The summed E-state index contributed by atoms with van der Waals surface area (Å²) in [5, 5.41) is 0. The second-order valence-electron chi connectivity index (χ2n) is 5.69. The Bertz CT molecular complexity index is 264. The fourth-order valence-electron chi connectivity index (χ4n) is 2.25. The Balaban J connectivity index is 3.15. The maximum absolute atomic E-state index is 13.0. The Morgan fingerprint density at radius 1 is 0.952 bits per heavy atom. The van der Waals surface area contributed by atoms with Gasteiger partial charge in [0.15, 0.2) is 0 Å². The zero-order valence-corrected chi connectivity index (χ0v) is 13.9. The van der Waals surface area contributed by atoms with Gasteiger partial charge in [-0.3, -0.25) is 4.79 Å². The van der Waals surface area contributed by atoms with Crippen LogP contribution in [0.5, 0.6) is 0 Å². The fraction of sp³-hybridized carbons (Fsp3) is 0.833. The van der Waals surface area contributed by atoms with Crippen molar-refractivity contribution in [3.05, 3.63) is 12.2 Å². The summed E-state index contributed by atoms with van der Waals surface area (Å²) in [5.74, 6) is -0.536. The van der Waals surface area contributed by atoms with Gasteiger partial charge in [0.25, 0.3) is 0 Å². The first-order chi connectivity index (χ1) is 10.2. The Morgan fingerprint density at radius 2 is 1.48 bits per heavy atom. The van der Waals surface area contributed by atoms with E-state index in [4.69, 9.17) is 0 Å². The smallest absolute Gasteiger partial charge is 0.305 e. The minimum atomic E-state index is -1.41. The van der Waals surface area contributed by atoms with Gasteiger partial charge >= 0.3 is 5.97 Å². The van der Waals surface area contributed by atoms with Crippen molar-refractivity contribution >= 4 is 5.97 Å². The number of halogens is 1. The van der Waals surface area contributed by atoms with Crippen molar-refractivity contribution in [1.82, 2.24) is 0 Å². The van der Waals surface area contributed by atoms with E-state index < -0.39 is 12.3 Å². The van der Waals surface area contributed by atoms with Gasteiger partial charge in [0.2, 0.25) is 6.36 Å². The third kappa shape index (κ3) is 17.1. The summed E-state index contributed by atoms with van der Waals surface area (Å²) in [7, 11) is 0. The lowest BCUT2D eigenvalue weighted by Crippen LogP contribution is -2.10. The Kier molecular flexibility index (Phi) is 14.9. The molecule has 0 aliphatic rings. The summed E-state index contributed by atoms with van der Waals surface area (Å²) in [5.41, 5.74) is 0. The van der Waals surface area contributed by atoms with E-state index in [2.05, 4.69) is 23.8 Å². The molecule has 0 radical (unpaired) electrons. The van der Waals surface area contributed by atoms with Crippen LogP contribution in [0.15, 0.2) is 12.2 Å². The molecule has 0 rings (SSSR count). The second-order valence-corrected chi connectivity index (χ2v) is 5.69. The van der Waals surface area contributed by atoms with E-state index in [0.29, 0.717) is 6.42 Å². The molecule has 2 nitrogen and oxygen atoms in total. The van der Waals surface area contributed by atoms with Gasteiger partial charge in [-0.05, 0) is 25.7 Å². The van der Waals surface area contributed by atoms with E-state index >= 15 is 0 Å². The van der Waals surface area contributed by atoms with Crippen LogP contribution in [0.1, 0.15) is 90.9 Å². The Morgan fingerprint density at radius 3 is 2.05 bits per heavy atom. The van der Waals surface area contributed by atoms with Crippen LogP contribution in [0.3, 0.4) is 0 Å². The fourth-order valence-corrected chi connectivity index (χ4v) is 2.25. The topological polar surface area (TPSA) is 26.3 Å². The molecule has 3 heteroatoms. The lowest BCUT2D eigenvalue weighted by Gasteiger charge is -2.07. The van der Waals surface area contributed by atoms with Crippen LogP contribution in [0, 0.1) is 0 Å². The minimum Gasteiger partial charge on any atom is -0.431 e. The number of allylic oxidation sites excluding steroid dienone is 2. The van der Waals surface area contributed by atoms with Gasteiger partial charge in [-0.15, -0.1) is 0 Å². The minimum absolute atomic E-state index is 0.335. The van der Waals surface area contributed by atoms with Crippen LogP contribution in [-0.2, 0) is 9.53 Å². The molecule has 0 fully saturated rings. The molecule has 0 N–H and O–H groups in total. The molecule has 0 spiro atoms. The highest BCUT2D eigenvalue weighted by atomic mass is 19.1. The van der Waals surface area contributed by atoms with Gasteiger partial charge < -0.3 is 4.74 Å². The van der Waals surface area contributed by atoms with Crippen molar-refractivity contribution in [2.75, 3.05) is 0 Å². The molecule has 124 valence electrons. The van der Waals surface area contributed by atoms with Crippen molar-refractivity contribution in [2.45, 2.75) is 97.3 Å². The van der Waals surface area contributed by atoms with E-state index in [1.807, 2.05) is 0 Å². The molecule has 0 bridgehead atoms. The predicted octanol–water partition coefficient (Wildman–Crippen LogP) is 6.10. The van der Waals surface area contributed by atoms with E-state index in [1.165, 1.54) is 58.3 Å². The van der Waals surface area contributed by atoms with Gasteiger partial charge in [-0.1, -0.05) is 64.0 Å². The zero-order valence-electron chi connectivity index (χ0n) is 13.9. The van der Waals surface area contributed by atoms with Crippen molar-refractivity contribution in [3.63, 3.8) is 0 Å². The Labute approximate surface area is 130 Å². The van der Waals surface area contributed by atoms with Gasteiger partial charge in [0, 0.05) is 13.3 Å². The molecule has 21 heavy (non-hydrogen) atoms. The first kappa shape index (κ1) is 20.1. The highest BCUT2D eigenvalue weighted by molar-refractivity contribution is 5.65. The molecule has 0 saturated heterocycles. The average Bonchev–Trinajstić information content (AvgIpc) is 2.43. The number of unbranched alkanes of at least 4 members (excludes halogenated alkanes) is 9. The number of carbonyl (C=O) groups is 1. The molecule has 0 aliphatic carbocycles. The maximum atomic E-state index is 13.0. The molecule has 0 aromatic carbocycles. The van der Waals surface area contributed by atoms with Crippen LogP contribution in [0.25, 0.3) is 0 Å². The molecule has 1 unspecified atom stereocenters. The van der Waals surface area contributed by atoms with Crippen molar-refractivity contribution in [3.8, 4) is 0 Å². The second kappa shape index (κ2) is 15.5. The molecular formula is C18H33FO2. The predicted molar refractivity (Wildman–Crippen MR) is 86.9 cm³/mol. The average molecular weight is 300 g/mol. The van der Waals surface area contributed by atoms with E-state index in [9.17, 15) is 9.18 Å². The summed E-state index contributed by atoms with van der Waals surface area (Å²) in [4.78, 5) is 10.5. The molecular weight excluding hydrogens is 267 g/mol. The van der Waals surface area contributed by atoms with Gasteiger partial charge in [0.1, 0.15) is 0 Å². The number of hydrogen-bond donors (Lipinski definition) is 0. The number of carbonyl (C=O) groups excluding carboxylic acids is 1. The van der Waals surface area contributed by atoms with E-state index in [0.717, 1.165) is 19.3 Å².